The van der Waals surface area contributed by atoms with Gasteiger partial charge in [0.2, 0.25) is 6.43 Å². The third-order valence-electron chi connectivity index (χ3n) is 3.41. The van der Waals surface area contributed by atoms with Crippen LogP contribution in [0.4, 0.5) is 8.78 Å². The van der Waals surface area contributed by atoms with Crippen LogP contribution in [0.15, 0.2) is 30.3 Å². The van der Waals surface area contributed by atoms with E-state index in [1.165, 1.54) is 0 Å². The van der Waals surface area contributed by atoms with Crippen molar-refractivity contribution < 1.29 is 8.78 Å². The van der Waals surface area contributed by atoms with Crippen LogP contribution in [0, 0.1) is 5.92 Å². The second-order valence-electron chi connectivity index (χ2n) is 4.20. The minimum atomic E-state index is -2.32. The Morgan fingerprint density at radius 2 is 1.80 bits per heavy atom. The van der Waals surface area contributed by atoms with E-state index in [0.717, 1.165) is 18.4 Å². The minimum Gasteiger partial charge on any atom is -0.330 e. The third kappa shape index (κ3) is 1.76. The lowest BCUT2D eigenvalue weighted by Gasteiger charge is -2.25. The fourth-order valence-electron chi connectivity index (χ4n) is 2.35. The molecule has 1 saturated carbocycles. The summed E-state index contributed by atoms with van der Waals surface area (Å²) in [7, 11) is 0. The molecule has 15 heavy (non-hydrogen) atoms. The molecule has 0 saturated heterocycles. The molecule has 0 spiro atoms. The first-order valence-corrected chi connectivity index (χ1v) is 5.24. The predicted molar refractivity (Wildman–Crippen MR) is 55.9 cm³/mol. The molecule has 3 heteroatoms. The van der Waals surface area contributed by atoms with Gasteiger partial charge in [0.05, 0.1) is 0 Å². The Labute approximate surface area is 88.3 Å². The lowest BCUT2D eigenvalue weighted by molar-refractivity contribution is 0.0600. The molecule has 0 heterocycles. The second-order valence-corrected chi connectivity index (χ2v) is 4.20. The van der Waals surface area contributed by atoms with Crippen LogP contribution in [0.2, 0.25) is 0 Å². The molecule has 0 radical (unpaired) electrons. The highest BCUT2D eigenvalue weighted by atomic mass is 19.3. The maximum Gasteiger partial charge on any atom is 0.243 e. The zero-order valence-electron chi connectivity index (χ0n) is 8.50. The summed E-state index contributed by atoms with van der Waals surface area (Å²) in [4.78, 5) is 0. The Kier molecular flexibility index (Phi) is 2.74. The molecule has 0 aliphatic heterocycles. The van der Waals surface area contributed by atoms with Crippen molar-refractivity contribution in [2.75, 3.05) is 6.54 Å². The van der Waals surface area contributed by atoms with Crippen molar-refractivity contribution in [1.29, 1.82) is 0 Å². The van der Waals surface area contributed by atoms with Crippen molar-refractivity contribution in [1.82, 2.24) is 0 Å². The van der Waals surface area contributed by atoms with E-state index >= 15 is 0 Å². The van der Waals surface area contributed by atoms with E-state index < -0.39 is 12.3 Å². The molecule has 2 rings (SSSR count). The van der Waals surface area contributed by atoms with Crippen LogP contribution in [0.1, 0.15) is 18.4 Å². The van der Waals surface area contributed by atoms with Crippen LogP contribution in [0.25, 0.3) is 0 Å². The minimum absolute atomic E-state index is 0.0621. The van der Waals surface area contributed by atoms with Gasteiger partial charge in [0.1, 0.15) is 0 Å². The molecule has 1 aromatic rings. The first-order chi connectivity index (χ1) is 7.20. The Morgan fingerprint density at radius 1 is 1.20 bits per heavy atom. The van der Waals surface area contributed by atoms with E-state index in [1.807, 2.05) is 30.3 Å². The van der Waals surface area contributed by atoms with Crippen LogP contribution in [-0.4, -0.2) is 13.0 Å². The maximum absolute atomic E-state index is 12.8. The molecule has 1 aliphatic rings. The SMILES string of the molecule is NCC(C(F)F)C1(c2ccccc2)CC1. The number of halogens is 2. The van der Waals surface area contributed by atoms with Gasteiger partial charge in [-0.25, -0.2) is 8.78 Å². The van der Waals surface area contributed by atoms with Gasteiger partial charge in [0.15, 0.2) is 0 Å². The molecule has 1 fully saturated rings. The molecule has 0 bridgehead atoms. The molecule has 1 aliphatic carbocycles. The van der Waals surface area contributed by atoms with E-state index in [0.29, 0.717) is 0 Å². The van der Waals surface area contributed by atoms with Crippen molar-refractivity contribution in [3.63, 3.8) is 0 Å². The maximum atomic E-state index is 12.8. The molecule has 1 nitrogen and oxygen atoms in total. The molecule has 1 aromatic carbocycles. The quantitative estimate of drug-likeness (QED) is 0.813. The van der Waals surface area contributed by atoms with Crippen molar-refractivity contribution in [3.8, 4) is 0 Å². The first kappa shape index (κ1) is 10.6. The second kappa shape index (κ2) is 3.89. The average Bonchev–Trinajstić information content (AvgIpc) is 3.01. The zero-order chi connectivity index (χ0) is 10.9. The smallest absolute Gasteiger partial charge is 0.243 e. The standard InChI is InChI=1S/C12H15F2N/c13-11(14)10(8-15)12(6-7-12)9-4-2-1-3-5-9/h1-5,10-11H,6-8,15H2. The number of hydrogen-bond acceptors (Lipinski definition) is 1. The lowest BCUT2D eigenvalue weighted by Crippen LogP contribution is -2.33. The van der Waals surface area contributed by atoms with Crippen LogP contribution in [0.3, 0.4) is 0 Å². The topological polar surface area (TPSA) is 26.0 Å². The molecule has 1 unspecified atom stereocenters. The average molecular weight is 211 g/mol. The zero-order valence-corrected chi connectivity index (χ0v) is 8.50. The Morgan fingerprint density at radius 3 is 2.20 bits per heavy atom. The van der Waals surface area contributed by atoms with E-state index in [2.05, 4.69) is 0 Å². The van der Waals surface area contributed by atoms with Gasteiger partial charge in [-0.1, -0.05) is 30.3 Å². The van der Waals surface area contributed by atoms with Gasteiger partial charge in [0, 0.05) is 17.9 Å². The van der Waals surface area contributed by atoms with Crippen molar-refractivity contribution in [3.05, 3.63) is 35.9 Å². The summed E-state index contributed by atoms with van der Waals surface area (Å²) in [6.07, 6.45) is -0.649. The summed E-state index contributed by atoms with van der Waals surface area (Å²) in [6.45, 7) is 0.0621. The van der Waals surface area contributed by atoms with Gasteiger partial charge in [-0.3, -0.25) is 0 Å². The summed E-state index contributed by atoms with van der Waals surface area (Å²) in [6, 6.07) is 9.55. The summed E-state index contributed by atoms with van der Waals surface area (Å²) in [5, 5.41) is 0. The normalized spacial score (nSPS) is 20.3. The van der Waals surface area contributed by atoms with Crippen LogP contribution >= 0.6 is 0 Å². The molecule has 1 atom stereocenters. The number of rotatable bonds is 4. The Balaban J connectivity index is 2.27. The highest BCUT2D eigenvalue weighted by Gasteiger charge is 2.53. The van der Waals surface area contributed by atoms with E-state index in [9.17, 15) is 8.78 Å². The van der Waals surface area contributed by atoms with Gasteiger partial charge >= 0.3 is 0 Å². The number of hydrogen-bond donors (Lipinski definition) is 1. The number of nitrogens with two attached hydrogens (primary N) is 1. The molecule has 0 aromatic heterocycles. The monoisotopic (exact) mass is 211 g/mol. The molecule has 82 valence electrons. The number of alkyl halides is 2. The van der Waals surface area contributed by atoms with Crippen molar-refractivity contribution in [2.45, 2.75) is 24.7 Å². The Bertz CT molecular complexity index is 320. The van der Waals surface area contributed by atoms with Gasteiger partial charge in [-0.15, -0.1) is 0 Å². The third-order valence-corrected chi connectivity index (χ3v) is 3.41. The van der Waals surface area contributed by atoms with Crippen LogP contribution < -0.4 is 5.73 Å². The lowest BCUT2D eigenvalue weighted by atomic mass is 9.83. The summed E-state index contributed by atoms with van der Waals surface area (Å²) in [5.41, 5.74) is 6.13. The fourth-order valence-corrected chi connectivity index (χ4v) is 2.35. The van der Waals surface area contributed by atoms with Crippen LogP contribution in [-0.2, 0) is 5.41 Å². The largest absolute Gasteiger partial charge is 0.330 e. The molecule has 2 N–H and O–H groups in total. The van der Waals surface area contributed by atoms with Gasteiger partial charge in [-0.2, -0.15) is 0 Å². The highest BCUT2D eigenvalue weighted by molar-refractivity contribution is 5.32. The van der Waals surface area contributed by atoms with Gasteiger partial charge in [-0.05, 0) is 18.4 Å². The van der Waals surface area contributed by atoms with E-state index in [4.69, 9.17) is 5.73 Å². The molecular weight excluding hydrogens is 196 g/mol. The molecule has 0 amide bonds. The Hall–Kier alpha value is -0.960. The molecular formula is C12H15F2N. The predicted octanol–water partition coefficient (Wildman–Crippen LogP) is 2.56. The fraction of sp³-hybridized carbons (Fsp3) is 0.500. The van der Waals surface area contributed by atoms with E-state index in [-0.39, 0.29) is 12.0 Å². The van der Waals surface area contributed by atoms with Crippen molar-refractivity contribution >= 4 is 0 Å². The summed E-state index contributed by atoms with van der Waals surface area (Å²) in [5.74, 6) is -0.695. The summed E-state index contributed by atoms with van der Waals surface area (Å²) < 4.78 is 25.7. The highest BCUT2D eigenvalue weighted by Crippen LogP contribution is 2.55. The van der Waals surface area contributed by atoms with Crippen LogP contribution in [0.5, 0.6) is 0 Å². The van der Waals surface area contributed by atoms with Gasteiger partial charge in [0.25, 0.3) is 0 Å². The number of benzene rings is 1. The van der Waals surface area contributed by atoms with Crippen molar-refractivity contribution in [2.24, 2.45) is 11.7 Å². The van der Waals surface area contributed by atoms with Gasteiger partial charge < -0.3 is 5.73 Å². The summed E-state index contributed by atoms with van der Waals surface area (Å²) >= 11 is 0. The van der Waals surface area contributed by atoms with E-state index in [1.54, 1.807) is 0 Å². The first-order valence-electron chi connectivity index (χ1n) is 5.24.